The van der Waals surface area contributed by atoms with Gasteiger partial charge in [-0.3, -0.25) is 4.79 Å². The molecular formula is C16H30N2O3. The van der Waals surface area contributed by atoms with Gasteiger partial charge < -0.3 is 15.7 Å². The summed E-state index contributed by atoms with van der Waals surface area (Å²) >= 11 is 0. The number of hydrogen-bond donors (Lipinski definition) is 3. The molecule has 1 saturated carbocycles. The van der Waals surface area contributed by atoms with Crippen LogP contribution in [0.1, 0.15) is 59.8 Å². The van der Waals surface area contributed by atoms with Gasteiger partial charge in [0.15, 0.2) is 0 Å². The molecule has 1 fully saturated rings. The second-order valence-corrected chi connectivity index (χ2v) is 7.05. The van der Waals surface area contributed by atoms with E-state index in [1.54, 1.807) is 13.8 Å². The van der Waals surface area contributed by atoms with E-state index in [-0.39, 0.29) is 17.5 Å². The quantitative estimate of drug-likeness (QED) is 0.676. The maximum atomic E-state index is 12.0. The zero-order valence-corrected chi connectivity index (χ0v) is 13.7. The number of nitrogens with one attached hydrogen (secondary N) is 2. The molecule has 1 aliphatic carbocycles. The molecule has 2 atom stereocenters. The van der Waals surface area contributed by atoms with Crippen molar-refractivity contribution in [1.82, 2.24) is 10.6 Å². The van der Waals surface area contributed by atoms with Gasteiger partial charge in [0.25, 0.3) is 0 Å². The molecule has 1 aliphatic rings. The molecule has 3 N–H and O–H groups in total. The summed E-state index contributed by atoms with van der Waals surface area (Å²) in [5.41, 5.74) is 0.229. The summed E-state index contributed by atoms with van der Waals surface area (Å²) in [7, 11) is 0. The van der Waals surface area contributed by atoms with Gasteiger partial charge in [-0.2, -0.15) is 0 Å². The summed E-state index contributed by atoms with van der Waals surface area (Å²) in [6.45, 7) is 8.45. The highest BCUT2D eigenvalue weighted by Gasteiger charge is 2.34. The lowest BCUT2D eigenvalue weighted by Gasteiger charge is -2.31. The van der Waals surface area contributed by atoms with Gasteiger partial charge in [0.05, 0.1) is 5.92 Å². The number of carbonyl (C=O) groups is 2. The first kappa shape index (κ1) is 17.8. The van der Waals surface area contributed by atoms with Crippen LogP contribution in [0.3, 0.4) is 0 Å². The van der Waals surface area contributed by atoms with Crippen LogP contribution in [0.2, 0.25) is 0 Å². The van der Waals surface area contributed by atoms with Crippen molar-refractivity contribution in [1.29, 1.82) is 0 Å². The standard InChI is InChI=1S/C16H30N2O3/c1-11(2)9-16(7-5-6-8-16)10-17-15(21)18-13(4)12(3)14(19)20/h11-13H,5-10H2,1-4H3,(H,19,20)(H2,17,18,21). The number of carboxylic acids is 1. The third-order valence-corrected chi connectivity index (χ3v) is 4.63. The van der Waals surface area contributed by atoms with E-state index in [2.05, 4.69) is 24.5 Å². The van der Waals surface area contributed by atoms with E-state index in [4.69, 9.17) is 5.11 Å². The summed E-state index contributed by atoms with van der Waals surface area (Å²) in [4.78, 5) is 22.8. The fourth-order valence-electron chi connectivity index (χ4n) is 3.31. The Morgan fingerprint density at radius 2 is 1.71 bits per heavy atom. The van der Waals surface area contributed by atoms with Gasteiger partial charge in [-0.1, -0.05) is 26.7 Å². The van der Waals surface area contributed by atoms with Gasteiger partial charge in [0.1, 0.15) is 0 Å². The molecule has 0 aromatic carbocycles. The molecule has 0 spiro atoms. The van der Waals surface area contributed by atoms with Crippen molar-refractivity contribution in [3.63, 3.8) is 0 Å². The molecule has 2 amide bonds. The van der Waals surface area contributed by atoms with Crippen molar-refractivity contribution in [2.75, 3.05) is 6.54 Å². The molecule has 0 heterocycles. The van der Waals surface area contributed by atoms with Crippen LogP contribution in [0.5, 0.6) is 0 Å². The van der Waals surface area contributed by atoms with E-state index in [1.807, 2.05) is 0 Å². The van der Waals surface area contributed by atoms with Crippen LogP contribution in [0, 0.1) is 17.3 Å². The van der Waals surface area contributed by atoms with Crippen molar-refractivity contribution < 1.29 is 14.7 Å². The maximum absolute atomic E-state index is 12.0. The predicted molar refractivity (Wildman–Crippen MR) is 83.2 cm³/mol. The SMILES string of the molecule is CC(C)CC1(CNC(=O)NC(C)C(C)C(=O)O)CCCC1. The Morgan fingerprint density at radius 1 is 1.14 bits per heavy atom. The normalized spacial score (nSPS) is 20.0. The Labute approximate surface area is 127 Å². The van der Waals surface area contributed by atoms with E-state index >= 15 is 0 Å². The first-order chi connectivity index (χ1) is 9.76. The van der Waals surface area contributed by atoms with E-state index in [0.29, 0.717) is 12.5 Å². The minimum atomic E-state index is -0.894. The third kappa shape index (κ3) is 5.56. The zero-order chi connectivity index (χ0) is 16.0. The Bertz CT molecular complexity index is 363. The van der Waals surface area contributed by atoms with E-state index in [1.165, 1.54) is 25.7 Å². The molecule has 0 aliphatic heterocycles. The van der Waals surface area contributed by atoms with Crippen molar-refractivity contribution in [3.8, 4) is 0 Å². The highest BCUT2D eigenvalue weighted by atomic mass is 16.4. The molecular weight excluding hydrogens is 268 g/mol. The van der Waals surface area contributed by atoms with Gasteiger partial charge >= 0.3 is 12.0 Å². The van der Waals surface area contributed by atoms with E-state index in [9.17, 15) is 9.59 Å². The number of carboxylic acid groups (broad SMARTS) is 1. The third-order valence-electron chi connectivity index (χ3n) is 4.63. The number of urea groups is 1. The van der Waals surface area contributed by atoms with Crippen LogP contribution in [0.15, 0.2) is 0 Å². The molecule has 0 aromatic heterocycles. The minimum absolute atomic E-state index is 0.229. The Balaban J connectivity index is 2.45. The highest BCUT2D eigenvalue weighted by Crippen LogP contribution is 2.42. The molecule has 0 saturated heterocycles. The summed E-state index contributed by atoms with van der Waals surface area (Å²) < 4.78 is 0. The van der Waals surface area contributed by atoms with Crippen LogP contribution in [-0.2, 0) is 4.79 Å². The zero-order valence-electron chi connectivity index (χ0n) is 13.7. The number of carbonyl (C=O) groups excluding carboxylic acids is 1. The van der Waals surface area contributed by atoms with Gasteiger partial charge in [-0.05, 0) is 44.4 Å². The lowest BCUT2D eigenvalue weighted by atomic mass is 9.78. The largest absolute Gasteiger partial charge is 0.481 e. The molecule has 0 bridgehead atoms. The fourth-order valence-corrected chi connectivity index (χ4v) is 3.31. The van der Waals surface area contributed by atoms with Crippen LogP contribution in [0.4, 0.5) is 4.79 Å². The van der Waals surface area contributed by atoms with Crippen molar-refractivity contribution >= 4 is 12.0 Å². The first-order valence-electron chi connectivity index (χ1n) is 8.03. The topological polar surface area (TPSA) is 78.4 Å². The second kappa shape index (κ2) is 7.66. The van der Waals surface area contributed by atoms with Crippen molar-refractivity contribution in [3.05, 3.63) is 0 Å². The van der Waals surface area contributed by atoms with Crippen molar-refractivity contribution in [2.45, 2.75) is 65.8 Å². The molecule has 122 valence electrons. The highest BCUT2D eigenvalue weighted by molar-refractivity contribution is 5.76. The summed E-state index contributed by atoms with van der Waals surface area (Å²) in [5.74, 6) is -0.861. The molecule has 0 aromatic rings. The number of aliphatic carboxylic acids is 1. The van der Waals surface area contributed by atoms with Crippen LogP contribution >= 0.6 is 0 Å². The molecule has 21 heavy (non-hydrogen) atoms. The van der Waals surface area contributed by atoms with Gasteiger partial charge in [-0.15, -0.1) is 0 Å². The maximum Gasteiger partial charge on any atom is 0.315 e. The monoisotopic (exact) mass is 298 g/mol. The van der Waals surface area contributed by atoms with Crippen LogP contribution < -0.4 is 10.6 Å². The first-order valence-corrected chi connectivity index (χ1v) is 8.03. The second-order valence-electron chi connectivity index (χ2n) is 7.05. The average molecular weight is 298 g/mol. The van der Waals surface area contributed by atoms with Gasteiger partial charge in [-0.25, -0.2) is 4.79 Å². The van der Waals surface area contributed by atoms with E-state index in [0.717, 1.165) is 6.42 Å². The number of rotatable bonds is 7. The van der Waals surface area contributed by atoms with Crippen LogP contribution in [-0.4, -0.2) is 29.7 Å². The Kier molecular flexibility index (Phi) is 6.49. The molecule has 5 heteroatoms. The minimum Gasteiger partial charge on any atom is -0.481 e. The fraction of sp³-hybridized carbons (Fsp3) is 0.875. The molecule has 5 nitrogen and oxygen atoms in total. The predicted octanol–water partition coefficient (Wildman–Crippen LogP) is 3.00. The van der Waals surface area contributed by atoms with E-state index < -0.39 is 11.9 Å². The summed E-state index contributed by atoms with van der Waals surface area (Å²) in [6.07, 6.45) is 5.96. The lowest BCUT2D eigenvalue weighted by molar-refractivity contribution is -0.141. The molecule has 0 radical (unpaired) electrons. The van der Waals surface area contributed by atoms with Crippen molar-refractivity contribution in [2.24, 2.45) is 17.3 Å². The molecule has 2 unspecified atom stereocenters. The Morgan fingerprint density at radius 3 is 2.19 bits per heavy atom. The smallest absolute Gasteiger partial charge is 0.315 e. The number of amides is 2. The molecule has 1 rings (SSSR count). The summed E-state index contributed by atoms with van der Waals surface area (Å²) in [5, 5.41) is 14.6. The average Bonchev–Trinajstić information content (AvgIpc) is 2.83. The summed E-state index contributed by atoms with van der Waals surface area (Å²) in [6, 6.07) is -0.641. The Hall–Kier alpha value is -1.26. The van der Waals surface area contributed by atoms with Gasteiger partial charge in [0.2, 0.25) is 0 Å². The number of hydrogen-bond acceptors (Lipinski definition) is 2. The lowest BCUT2D eigenvalue weighted by Crippen LogP contribution is -2.48. The van der Waals surface area contributed by atoms with Crippen LogP contribution in [0.25, 0.3) is 0 Å². The van der Waals surface area contributed by atoms with Gasteiger partial charge in [0, 0.05) is 12.6 Å².